The molecule has 0 aliphatic heterocycles. The second kappa shape index (κ2) is 7.89. The number of nitrogens with zero attached hydrogens (tertiary/aromatic N) is 1. The minimum atomic E-state index is -0.973. The summed E-state index contributed by atoms with van der Waals surface area (Å²) in [6.07, 6.45) is -0.973. The van der Waals surface area contributed by atoms with Crippen LogP contribution >= 0.6 is 15.9 Å². The summed E-state index contributed by atoms with van der Waals surface area (Å²) in [5.41, 5.74) is 0.797. The first-order valence-electron chi connectivity index (χ1n) is 6.96. The molecule has 0 aromatic heterocycles. The monoisotopic (exact) mass is 394 g/mol. The van der Waals surface area contributed by atoms with Gasteiger partial charge in [-0.3, -0.25) is 14.9 Å². The number of aliphatic hydroxyl groups excluding tert-OH is 1. The number of amides is 1. The van der Waals surface area contributed by atoms with E-state index in [0.29, 0.717) is 21.3 Å². The van der Waals surface area contributed by atoms with Crippen molar-refractivity contribution in [1.29, 1.82) is 0 Å². The predicted octanol–water partition coefficient (Wildman–Crippen LogP) is 2.83. The lowest BCUT2D eigenvalue weighted by Crippen LogP contribution is -2.28. The number of hydrogen-bond donors (Lipinski definition) is 2. The minimum Gasteiger partial charge on any atom is -0.497 e. The van der Waals surface area contributed by atoms with Crippen LogP contribution in [0.25, 0.3) is 0 Å². The number of nitro benzene ring substituents is 1. The van der Waals surface area contributed by atoms with Crippen LogP contribution in [0.2, 0.25) is 0 Å². The number of aliphatic hydroxyl groups is 1. The first-order valence-corrected chi connectivity index (χ1v) is 7.76. The number of non-ortho nitro benzene ring substituents is 1. The van der Waals surface area contributed by atoms with E-state index in [4.69, 9.17) is 4.74 Å². The lowest BCUT2D eigenvalue weighted by molar-refractivity contribution is -0.384. The molecule has 126 valence electrons. The van der Waals surface area contributed by atoms with Crippen molar-refractivity contribution in [1.82, 2.24) is 5.32 Å². The van der Waals surface area contributed by atoms with Crippen molar-refractivity contribution in [2.75, 3.05) is 13.7 Å². The summed E-state index contributed by atoms with van der Waals surface area (Å²) in [5.74, 6) is 0.168. The lowest BCUT2D eigenvalue weighted by atomic mass is 10.1. The second-order valence-corrected chi connectivity index (χ2v) is 5.77. The first-order chi connectivity index (χ1) is 11.4. The second-order valence-electron chi connectivity index (χ2n) is 4.92. The van der Waals surface area contributed by atoms with E-state index in [0.717, 1.165) is 0 Å². The highest BCUT2D eigenvalue weighted by atomic mass is 79.9. The van der Waals surface area contributed by atoms with Crippen LogP contribution in [0.5, 0.6) is 5.75 Å². The third-order valence-corrected chi connectivity index (χ3v) is 4.05. The Morgan fingerprint density at radius 2 is 2.00 bits per heavy atom. The molecule has 2 aromatic carbocycles. The number of halogens is 1. The summed E-state index contributed by atoms with van der Waals surface area (Å²) < 4.78 is 5.68. The van der Waals surface area contributed by atoms with E-state index in [2.05, 4.69) is 21.2 Å². The van der Waals surface area contributed by atoms with Crippen molar-refractivity contribution in [2.24, 2.45) is 0 Å². The zero-order chi connectivity index (χ0) is 17.7. The lowest BCUT2D eigenvalue weighted by Gasteiger charge is -2.13. The van der Waals surface area contributed by atoms with Gasteiger partial charge in [0.05, 0.1) is 23.7 Å². The molecule has 1 unspecified atom stereocenters. The Balaban J connectivity index is 2.01. The molecule has 2 N–H and O–H groups in total. The maximum atomic E-state index is 12.2. The van der Waals surface area contributed by atoms with Gasteiger partial charge in [-0.2, -0.15) is 0 Å². The van der Waals surface area contributed by atoms with Crippen LogP contribution in [-0.2, 0) is 0 Å². The normalized spacial score (nSPS) is 11.6. The zero-order valence-electron chi connectivity index (χ0n) is 12.7. The van der Waals surface area contributed by atoms with Crippen LogP contribution in [0.3, 0.4) is 0 Å². The highest BCUT2D eigenvalue weighted by molar-refractivity contribution is 9.10. The Hall–Kier alpha value is -2.45. The van der Waals surface area contributed by atoms with Gasteiger partial charge in [-0.1, -0.05) is 0 Å². The maximum Gasteiger partial charge on any atom is 0.269 e. The number of nitro groups is 1. The quantitative estimate of drug-likeness (QED) is 0.579. The predicted molar refractivity (Wildman–Crippen MR) is 91.1 cm³/mol. The number of hydrogen-bond acceptors (Lipinski definition) is 5. The Kier molecular flexibility index (Phi) is 5.88. The van der Waals surface area contributed by atoms with Crippen LogP contribution in [0.15, 0.2) is 46.9 Å². The molecule has 1 amide bonds. The molecule has 1 atom stereocenters. The fourth-order valence-electron chi connectivity index (χ4n) is 2.03. The maximum absolute atomic E-state index is 12.2. The molecule has 0 radical (unpaired) electrons. The summed E-state index contributed by atoms with van der Waals surface area (Å²) in [5, 5.41) is 23.3. The summed E-state index contributed by atoms with van der Waals surface area (Å²) in [7, 11) is 1.50. The van der Waals surface area contributed by atoms with E-state index in [-0.39, 0.29) is 18.1 Å². The van der Waals surface area contributed by atoms with E-state index < -0.39 is 11.0 Å². The van der Waals surface area contributed by atoms with Gasteiger partial charge in [-0.15, -0.1) is 0 Å². The molecule has 0 saturated carbocycles. The Labute approximate surface area is 146 Å². The van der Waals surface area contributed by atoms with E-state index in [1.807, 2.05) is 0 Å². The highest BCUT2D eigenvalue weighted by Crippen LogP contribution is 2.23. The van der Waals surface area contributed by atoms with Crippen LogP contribution in [0.4, 0.5) is 5.69 Å². The number of carbonyl (C=O) groups excluding carboxylic acids is 1. The average molecular weight is 395 g/mol. The third-order valence-electron chi connectivity index (χ3n) is 3.36. The van der Waals surface area contributed by atoms with Crippen LogP contribution in [0.1, 0.15) is 22.0 Å². The number of methoxy groups -OCH3 is 1. The van der Waals surface area contributed by atoms with Gasteiger partial charge in [-0.25, -0.2) is 0 Å². The molecule has 8 heteroatoms. The van der Waals surface area contributed by atoms with Gasteiger partial charge in [-0.05, 0) is 51.8 Å². The Bertz CT molecular complexity index is 749. The van der Waals surface area contributed by atoms with Crippen molar-refractivity contribution >= 4 is 27.5 Å². The minimum absolute atomic E-state index is 0.0275. The molecule has 0 heterocycles. The van der Waals surface area contributed by atoms with Crippen LogP contribution in [0, 0.1) is 10.1 Å². The number of benzene rings is 2. The van der Waals surface area contributed by atoms with Gasteiger partial charge in [0.1, 0.15) is 5.75 Å². The van der Waals surface area contributed by atoms with Gasteiger partial charge in [0, 0.05) is 23.2 Å². The summed E-state index contributed by atoms with van der Waals surface area (Å²) >= 11 is 3.29. The topological polar surface area (TPSA) is 102 Å². The van der Waals surface area contributed by atoms with Crippen molar-refractivity contribution < 1.29 is 19.6 Å². The molecular weight excluding hydrogens is 380 g/mol. The van der Waals surface area contributed by atoms with E-state index in [1.54, 1.807) is 18.2 Å². The molecule has 24 heavy (non-hydrogen) atoms. The summed E-state index contributed by atoms with van der Waals surface area (Å²) in [6.45, 7) is -0.0275. The third kappa shape index (κ3) is 4.30. The molecule has 0 fully saturated rings. The van der Waals surface area contributed by atoms with Crippen molar-refractivity contribution in [3.63, 3.8) is 0 Å². The van der Waals surface area contributed by atoms with Crippen molar-refractivity contribution in [3.05, 3.63) is 68.2 Å². The summed E-state index contributed by atoms with van der Waals surface area (Å²) in [4.78, 5) is 22.3. The van der Waals surface area contributed by atoms with Gasteiger partial charge >= 0.3 is 0 Å². The molecule has 0 aliphatic rings. The van der Waals surface area contributed by atoms with Crippen LogP contribution < -0.4 is 10.1 Å². The molecule has 0 aliphatic carbocycles. The van der Waals surface area contributed by atoms with Gasteiger partial charge in [0.15, 0.2) is 0 Å². The van der Waals surface area contributed by atoms with E-state index >= 15 is 0 Å². The highest BCUT2D eigenvalue weighted by Gasteiger charge is 2.15. The number of ether oxygens (including phenoxy) is 1. The van der Waals surface area contributed by atoms with Crippen LogP contribution in [-0.4, -0.2) is 29.6 Å². The molecule has 2 aromatic rings. The zero-order valence-corrected chi connectivity index (χ0v) is 14.3. The first kappa shape index (κ1) is 17.9. The van der Waals surface area contributed by atoms with Crippen molar-refractivity contribution in [2.45, 2.75) is 6.10 Å². The standard InChI is InChI=1S/C16H15BrN2O5/c1-24-12-6-7-14(17)13(8-12)16(21)18-9-15(20)10-2-4-11(5-3-10)19(22)23/h2-8,15,20H,9H2,1H3,(H,18,21). The molecule has 2 rings (SSSR count). The van der Waals surface area contributed by atoms with E-state index in [1.165, 1.54) is 31.4 Å². The fraction of sp³-hybridized carbons (Fsp3) is 0.188. The van der Waals surface area contributed by atoms with Gasteiger partial charge in [0.2, 0.25) is 0 Å². The van der Waals surface area contributed by atoms with E-state index in [9.17, 15) is 20.0 Å². The molecule has 0 spiro atoms. The molecule has 7 nitrogen and oxygen atoms in total. The largest absolute Gasteiger partial charge is 0.497 e. The molecule has 0 bridgehead atoms. The number of nitrogens with one attached hydrogen (secondary N) is 1. The Morgan fingerprint density at radius 3 is 2.58 bits per heavy atom. The fourth-order valence-corrected chi connectivity index (χ4v) is 2.45. The van der Waals surface area contributed by atoms with Gasteiger partial charge in [0.25, 0.3) is 11.6 Å². The number of carbonyl (C=O) groups is 1. The van der Waals surface area contributed by atoms with Gasteiger partial charge < -0.3 is 15.2 Å². The summed E-state index contributed by atoms with van der Waals surface area (Å²) in [6, 6.07) is 10.5. The van der Waals surface area contributed by atoms with Crippen molar-refractivity contribution in [3.8, 4) is 5.75 Å². The SMILES string of the molecule is COc1ccc(Br)c(C(=O)NCC(O)c2ccc([N+](=O)[O-])cc2)c1. The molecular formula is C16H15BrN2O5. The Morgan fingerprint density at radius 1 is 1.33 bits per heavy atom. The number of rotatable bonds is 6. The molecule has 0 saturated heterocycles. The smallest absolute Gasteiger partial charge is 0.269 e. The average Bonchev–Trinajstić information content (AvgIpc) is 2.59.